The second-order valence-corrected chi connectivity index (χ2v) is 9.50. The van der Waals surface area contributed by atoms with Crippen LogP contribution in [-0.4, -0.2) is 18.9 Å². The molecule has 6 nitrogen and oxygen atoms in total. The zero-order chi connectivity index (χ0) is 26.9. The van der Waals surface area contributed by atoms with E-state index in [1.165, 1.54) is 5.39 Å². The molecular formula is C31H30BrN3O3. The molecular weight excluding hydrogens is 542 g/mol. The van der Waals surface area contributed by atoms with Gasteiger partial charge in [0, 0.05) is 15.7 Å². The Bertz CT molecular complexity index is 1480. The Hall–Kier alpha value is -4.10. The van der Waals surface area contributed by atoms with Crippen LogP contribution in [0.25, 0.3) is 10.8 Å². The first kappa shape index (κ1) is 26.9. The molecule has 0 saturated heterocycles. The Kier molecular flexibility index (Phi) is 9.16. The molecule has 4 aromatic carbocycles. The fraction of sp³-hybridized carbons (Fsp3) is 0.161. The Labute approximate surface area is 231 Å². The van der Waals surface area contributed by atoms with E-state index in [-0.39, 0.29) is 0 Å². The third-order valence-corrected chi connectivity index (χ3v) is 6.76. The zero-order valence-electron chi connectivity index (χ0n) is 21.5. The lowest BCUT2D eigenvalue weighted by Crippen LogP contribution is -2.24. The molecule has 0 aliphatic heterocycles. The lowest BCUT2D eigenvalue weighted by Gasteiger charge is -2.17. The molecule has 38 heavy (non-hydrogen) atoms. The van der Waals surface area contributed by atoms with Crippen LogP contribution in [0.2, 0.25) is 0 Å². The lowest BCUT2D eigenvalue weighted by molar-refractivity contribution is 0.252. The average Bonchev–Trinajstić information content (AvgIpc) is 2.91. The zero-order valence-corrected chi connectivity index (χ0v) is 23.0. The van der Waals surface area contributed by atoms with Crippen LogP contribution in [0.4, 0.5) is 10.5 Å². The number of aryl methyl sites for hydroxylation is 1. The third kappa shape index (κ3) is 6.81. The summed E-state index contributed by atoms with van der Waals surface area (Å²) in [5.41, 5.74) is 6.99. The molecule has 4 rings (SSSR count). The molecule has 2 N–H and O–H groups in total. The molecule has 2 amide bonds. The number of nitrogens with one attached hydrogen (secondary N) is 2. The van der Waals surface area contributed by atoms with Crippen LogP contribution in [0.5, 0.6) is 11.5 Å². The van der Waals surface area contributed by atoms with Gasteiger partial charge in [0.05, 0.1) is 12.8 Å². The van der Waals surface area contributed by atoms with Gasteiger partial charge in [0.1, 0.15) is 6.61 Å². The summed E-state index contributed by atoms with van der Waals surface area (Å²) >= 11 is 3.46. The van der Waals surface area contributed by atoms with Crippen LogP contribution >= 0.6 is 15.9 Å². The maximum atomic E-state index is 12.3. The van der Waals surface area contributed by atoms with Crippen LogP contribution in [0.3, 0.4) is 0 Å². The monoisotopic (exact) mass is 571 g/mol. The third-order valence-electron chi connectivity index (χ3n) is 5.87. The second kappa shape index (κ2) is 12.9. The second-order valence-electron chi connectivity index (χ2n) is 8.65. The molecule has 0 radical (unpaired) electrons. The summed E-state index contributed by atoms with van der Waals surface area (Å²) in [5.74, 6) is 1.29. The standard InChI is InChI=1S/C31H30BrN3O3/c1-4-9-24-17-22(19-33-35-31(36)34-26-14-15-28(32)21(3)16-26)18-29(37-5-2)30(24)38-20-25-12-8-11-23-10-6-7-13-27(23)25/h4,6-8,10-19H,1,5,9,20H2,2-3H3,(H2,34,35,36)/b33-19+. The molecule has 194 valence electrons. The smallest absolute Gasteiger partial charge is 0.339 e. The SMILES string of the molecule is C=CCc1cc(/C=N/NC(=O)Nc2ccc(Br)c(C)c2)cc(OCC)c1OCc1cccc2ccccc12. The number of allylic oxidation sites excluding steroid dienone is 1. The van der Waals surface area contributed by atoms with Crippen LogP contribution in [0, 0.1) is 6.92 Å². The fourth-order valence-electron chi connectivity index (χ4n) is 4.11. The number of hydrogen-bond donors (Lipinski definition) is 2. The molecule has 0 spiro atoms. The number of urea groups is 1. The number of benzene rings is 4. The number of ether oxygens (including phenoxy) is 2. The highest BCUT2D eigenvalue weighted by Gasteiger charge is 2.14. The van der Waals surface area contributed by atoms with Crippen LogP contribution in [0.15, 0.2) is 95.0 Å². The van der Waals surface area contributed by atoms with Crippen molar-refractivity contribution in [1.29, 1.82) is 0 Å². The Balaban J connectivity index is 1.51. The van der Waals surface area contributed by atoms with Gasteiger partial charge in [-0.25, -0.2) is 10.2 Å². The molecule has 0 aliphatic carbocycles. The summed E-state index contributed by atoms with van der Waals surface area (Å²) < 4.78 is 13.3. The minimum absolute atomic E-state index is 0.399. The normalized spacial score (nSPS) is 10.9. The van der Waals surface area contributed by atoms with Crippen LogP contribution < -0.4 is 20.2 Å². The molecule has 0 aromatic heterocycles. The van der Waals surface area contributed by atoms with Crippen molar-refractivity contribution in [1.82, 2.24) is 5.43 Å². The van der Waals surface area contributed by atoms with Crippen molar-refractivity contribution >= 4 is 44.6 Å². The Morgan fingerprint density at radius 1 is 1.03 bits per heavy atom. The largest absolute Gasteiger partial charge is 0.490 e. The minimum Gasteiger partial charge on any atom is -0.490 e. The van der Waals surface area contributed by atoms with Crippen molar-refractivity contribution in [2.45, 2.75) is 26.9 Å². The van der Waals surface area contributed by atoms with Crippen molar-refractivity contribution in [2.24, 2.45) is 5.10 Å². The summed E-state index contributed by atoms with van der Waals surface area (Å²) in [6.07, 6.45) is 3.99. The molecule has 0 heterocycles. The summed E-state index contributed by atoms with van der Waals surface area (Å²) in [7, 11) is 0. The van der Waals surface area contributed by atoms with Crippen molar-refractivity contribution in [3.05, 3.63) is 112 Å². The van der Waals surface area contributed by atoms with E-state index in [1.807, 2.05) is 68.5 Å². The van der Waals surface area contributed by atoms with E-state index < -0.39 is 6.03 Å². The van der Waals surface area contributed by atoms with Crippen molar-refractivity contribution < 1.29 is 14.3 Å². The maximum Gasteiger partial charge on any atom is 0.339 e. The highest BCUT2D eigenvalue weighted by atomic mass is 79.9. The van der Waals surface area contributed by atoms with E-state index in [2.05, 4.69) is 62.6 Å². The summed E-state index contributed by atoms with van der Waals surface area (Å²) in [6, 6.07) is 23.4. The van der Waals surface area contributed by atoms with Gasteiger partial charge >= 0.3 is 6.03 Å². The maximum absolute atomic E-state index is 12.3. The van der Waals surface area contributed by atoms with Gasteiger partial charge in [0.15, 0.2) is 11.5 Å². The number of hydrogen-bond acceptors (Lipinski definition) is 4. The number of rotatable bonds is 10. The van der Waals surface area contributed by atoms with E-state index in [0.29, 0.717) is 36.8 Å². The van der Waals surface area contributed by atoms with Crippen molar-refractivity contribution in [3.8, 4) is 11.5 Å². The molecule has 0 atom stereocenters. The molecule has 7 heteroatoms. The highest BCUT2D eigenvalue weighted by Crippen LogP contribution is 2.35. The van der Waals surface area contributed by atoms with E-state index in [4.69, 9.17) is 9.47 Å². The van der Waals surface area contributed by atoms with E-state index in [0.717, 1.165) is 32.1 Å². The van der Waals surface area contributed by atoms with Crippen molar-refractivity contribution in [2.75, 3.05) is 11.9 Å². The first-order valence-corrected chi connectivity index (χ1v) is 13.1. The van der Waals surface area contributed by atoms with Gasteiger partial charge in [-0.1, -0.05) is 64.5 Å². The fourth-order valence-corrected chi connectivity index (χ4v) is 4.35. The predicted molar refractivity (Wildman–Crippen MR) is 158 cm³/mol. The predicted octanol–water partition coefficient (Wildman–Crippen LogP) is 7.77. The molecule has 0 aliphatic rings. The van der Waals surface area contributed by atoms with Gasteiger partial charge in [-0.05, 0) is 78.1 Å². The molecule has 0 unspecified atom stereocenters. The minimum atomic E-state index is -0.436. The number of hydrazone groups is 1. The Morgan fingerprint density at radius 3 is 2.63 bits per heavy atom. The summed E-state index contributed by atoms with van der Waals surface area (Å²) in [6.45, 7) is 8.66. The first-order chi connectivity index (χ1) is 18.5. The van der Waals surface area contributed by atoms with E-state index in [9.17, 15) is 4.79 Å². The van der Waals surface area contributed by atoms with Gasteiger partial charge in [-0.2, -0.15) is 5.10 Å². The number of fused-ring (bicyclic) bond motifs is 1. The molecule has 0 fully saturated rings. The van der Waals surface area contributed by atoms with E-state index in [1.54, 1.807) is 6.21 Å². The first-order valence-electron chi connectivity index (χ1n) is 12.3. The highest BCUT2D eigenvalue weighted by molar-refractivity contribution is 9.10. The van der Waals surface area contributed by atoms with Gasteiger partial charge in [0.2, 0.25) is 0 Å². The molecule has 0 bridgehead atoms. The summed E-state index contributed by atoms with van der Waals surface area (Å²) in [5, 5.41) is 9.22. The molecule has 0 saturated carbocycles. The number of amides is 2. The lowest BCUT2D eigenvalue weighted by atomic mass is 10.0. The number of carbonyl (C=O) groups excluding carboxylic acids is 1. The molecule has 4 aromatic rings. The van der Waals surface area contributed by atoms with Gasteiger partial charge in [-0.3, -0.25) is 0 Å². The topological polar surface area (TPSA) is 72.0 Å². The Morgan fingerprint density at radius 2 is 1.84 bits per heavy atom. The number of nitrogens with zero attached hydrogens (tertiary/aromatic N) is 1. The number of anilines is 1. The van der Waals surface area contributed by atoms with E-state index >= 15 is 0 Å². The van der Waals surface area contributed by atoms with Crippen LogP contribution in [-0.2, 0) is 13.0 Å². The summed E-state index contributed by atoms with van der Waals surface area (Å²) in [4.78, 5) is 12.3. The number of carbonyl (C=O) groups is 1. The van der Waals surface area contributed by atoms with Gasteiger partial charge in [0.25, 0.3) is 0 Å². The van der Waals surface area contributed by atoms with Crippen LogP contribution in [0.1, 0.15) is 29.2 Å². The van der Waals surface area contributed by atoms with Crippen molar-refractivity contribution in [3.63, 3.8) is 0 Å². The quantitative estimate of drug-likeness (QED) is 0.116. The number of halogens is 1. The van der Waals surface area contributed by atoms with Gasteiger partial charge < -0.3 is 14.8 Å². The van der Waals surface area contributed by atoms with Gasteiger partial charge in [-0.15, -0.1) is 6.58 Å². The average molecular weight is 573 g/mol.